The van der Waals surface area contributed by atoms with E-state index in [1.165, 1.54) is 18.7 Å². The topological polar surface area (TPSA) is 78.9 Å². The number of carbonyl (C=O) groups is 1. The zero-order valence-corrected chi connectivity index (χ0v) is 17.6. The molecule has 0 N–H and O–H groups in total. The lowest BCUT2D eigenvalue weighted by Gasteiger charge is -2.08. The number of fused-ring (bicyclic) bond motifs is 1. The van der Waals surface area contributed by atoms with E-state index in [1.54, 1.807) is 12.1 Å². The van der Waals surface area contributed by atoms with Gasteiger partial charge in [-0.25, -0.2) is 9.36 Å². The fourth-order valence-electron chi connectivity index (χ4n) is 3.29. The Hall–Kier alpha value is -3.16. The minimum absolute atomic E-state index is 0.0418. The molecule has 152 valence electrons. The summed E-state index contributed by atoms with van der Waals surface area (Å²) >= 11 is 12.1. The van der Waals surface area contributed by atoms with Gasteiger partial charge in [0.05, 0.1) is 0 Å². The summed E-state index contributed by atoms with van der Waals surface area (Å²) in [6, 6.07) is 14.6. The maximum absolute atomic E-state index is 13.1. The number of carbonyl (C=O) groups excluding carboxylic acids is 1. The van der Waals surface area contributed by atoms with Gasteiger partial charge < -0.3 is 0 Å². The Morgan fingerprint density at radius 2 is 1.47 bits per heavy atom. The summed E-state index contributed by atoms with van der Waals surface area (Å²) in [5.41, 5.74) is 1.26. The summed E-state index contributed by atoms with van der Waals surface area (Å²) < 4.78 is 3.13. The molecule has 0 radical (unpaired) electrons. The number of hydrogen-bond acceptors (Lipinski definition) is 4. The zero-order valence-electron chi connectivity index (χ0n) is 16.1. The van der Waals surface area contributed by atoms with Gasteiger partial charge in [0.15, 0.2) is 11.2 Å². The first kappa shape index (κ1) is 20.1. The highest BCUT2D eigenvalue weighted by Gasteiger charge is 2.23. The van der Waals surface area contributed by atoms with Crippen LogP contribution in [0.2, 0.25) is 10.3 Å². The Kier molecular flexibility index (Phi) is 5.09. The fourth-order valence-corrected chi connectivity index (χ4v) is 3.65. The van der Waals surface area contributed by atoms with Crippen molar-refractivity contribution < 1.29 is 4.79 Å². The standard InChI is InChI=1S/C21H16Cl2N4O3/c1-25-17-16(19(29)26(2)21(25)30)27(20(23)24-17)18(28)14-7-3-12(4-8-14)11-13-5-9-15(22)10-6-13/h3-10H,11H2,1-2H3. The van der Waals surface area contributed by atoms with E-state index in [9.17, 15) is 14.4 Å². The molecule has 0 saturated heterocycles. The molecule has 4 rings (SSSR count). The Bertz CT molecular complexity index is 1400. The van der Waals surface area contributed by atoms with Gasteiger partial charge in [-0.15, -0.1) is 0 Å². The van der Waals surface area contributed by atoms with Crippen molar-refractivity contribution >= 4 is 40.3 Å². The third-order valence-corrected chi connectivity index (χ3v) is 5.45. The van der Waals surface area contributed by atoms with Crippen molar-refractivity contribution in [2.45, 2.75) is 6.42 Å². The van der Waals surface area contributed by atoms with Gasteiger partial charge in [-0.1, -0.05) is 35.9 Å². The molecule has 30 heavy (non-hydrogen) atoms. The molecule has 2 aromatic heterocycles. The van der Waals surface area contributed by atoms with E-state index in [0.717, 1.165) is 20.3 Å². The van der Waals surface area contributed by atoms with Crippen molar-refractivity contribution in [3.05, 3.63) is 96.4 Å². The fraction of sp³-hybridized carbons (Fsp3) is 0.143. The minimum atomic E-state index is -0.639. The van der Waals surface area contributed by atoms with E-state index in [2.05, 4.69) is 4.98 Å². The SMILES string of the molecule is Cn1c(=O)c2c(nc(Cl)n2C(=O)c2ccc(Cc3ccc(Cl)cc3)cc2)n(C)c1=O. The van der Waals surface area contributed by atoms with Crippen molar-refractivity contribution in [3.8, 4) is 0 Å². The summed E-state index contributed by atoms with van der Waals surface area (Å²) in [7, 11) is 2.80. The molecular formula is C21H16Cl2N4O3. The molecular weight excluding hydrogens is 427 g/mol. The van der Waals surface area contributed by atoms with Crippen LogP contribution in [0.15, 0.2) is 58.1 Å². The Labute approximate surface area is 180 Å². The molecule has 2 heterocycles. The maximum atomic E-state index is 13.1. The molecule has 0 unspecified atom stereocenters. The van der Waals surface area contributed by atoms with Crippen molar-refractivity contribution in [3.63, 3.8) is 0 Å². The lowest BCUT2D eigenvalue weighted by atomic mass is 10.0. The molecule has 0 aliphatic carbocycles. The molecule has 0 atom stereocenters. The van der Waals surface area contributed by atoms with Gasteiger partial charge in [0.1, 0.15) is 0 Å². The first-order valence-electron chi connectivity index (χ1n) is 9.00. The summed E-state index contributed by atoms with van der Waals surface area (Å²) in [5.74, 6) is -0.503. The summed E-state index contributed by atoms with van der Waals surface area (Å²) in [6.07, 6.45) is 0.684. The van der Waals surface area contributed by atoms with Crippen molar-refractivity contribution in [1.82, 2.24) is 18.7 Å². The Morgan fingerprint density at radius 3 is 2.07 bits per heavy atom. The van der Waals surface area contributed by atoms with Crippen LogP contribution in [-0.2, 0) is 20.5 Å². The molecule has 0 aliphatic rings. The van der Waals surface area contributed by atoms with Crippen LogP contribution in [0.25, 0.3) is 11.2 Å². The zero-order chi connectivity index (χ0) is 21.6. The normalized spacial score (nSPS) is 11.2. The van der Waals surface area contributed by atoms with Crippen LogP contribution in [0.5, 0.6) is 0 Å². The molecule has 0 aliphatic heterocycles. The van der Waals surface area contributed by atoms with Gasteiger partial charge in [0.25, 0.3) is 11.5 Å². The molecule has 7 nitrogen and oxygen atoms in total. The largest absolute Gasteiger partial charge is 0.332 e. The third-order valence-electron chi connectivity index (χ3n) is 4.94. The van der Waals surface area contributed by atoms with Crippen LogP contribution in [0.3, 0.4) is 0 Å². The van der Waals surface area contributed by atoms with Gasteiger partial charge in [-0.2, -0.15) is 4.98 Å². The second-order valence-electron chi connectivity index (χ2n) is 6.90. The van der Waals surface area contributed by atoms with Gasteiger partial charge in [0.2, 0.25) is 5.28 Å². The van der Waals surface area contributed by atoms with Crippen LogP contribution >= 0.6 is 23.2 Å². The summed E-state index contributed by atoms with van der Waals surface area (Å²) in [6.45, 7) is 0. The quantitative estimate of drug-likeness (QED) is 0.456. The van der Waals surface area contributed by atoms with E-state index in [1.807, 2.05) is 36.4 Å². The lowest BCUT2D eigenvalue weighted by molar-refractivity contribution is 0.0964. The maximum Gasteiger partial charge on any atom is 0.332 e. The van der Waals surface area contributed by atoms with Crippen LogP contribution in [-0.4, -0.2) is 24.6 Å². The highest BCUT2D eigenvalue weighted by Crippen LogP contribution is 2.19. The van der Waals surface area contributed by atoms with Crippen molar-refractivity contribution in [2.24, 2.45) is 14.1 Å². The number of aromatic nitrogens is 4. The van der Waals surface area contributed by atoms with Crippen LogP contribution in [0.1, 0.15) is 21.5 Å². The molecule has 9 heteroatoms. The first-order valence-corrected chi connectivity index (χ1v) is 9.75. The van der Waals surface area contributed by atoms with Gasteiger partial charge >= 0.3 is 5.69 Å². The number of imidazole rings is 1. The number of hydrogen-bond donors (Lipinski definition) is 0. The number of benzene rings is 2. The molecule has 0 fully saturated rings. The highest BCUT2D eigenvalue weighted by molar-refractivity contribution is 6.31. The van der Waals surface area contributed by atoms with Gasteiger partial charge in [0, 0.05) is 24.7 Å². The first-order chi connectivity index (χ1) is 14.3. The van der Waals surface area contributed by atoms with Crippen LogP contribution in [0, 0.1) is 0 Å². The Balaban J connectivity index is 1.72. The van der Waals surface area contributed by atoms with Gasteiger partial charge in [-0.05, 0) is 53.4 Å². The van der Waals surface area contributed by atoms with E-state index < -0.39 is 17.2 Å². The van der Waals surface area contributed by atoms with Crippen LogP contribution in [0.4, 0.5) is 0 Å². The average molecular weight is 443 g/mol. The average Bonchev–Trinajstić information content (AvgIpc) is 3.09. The second kappa shape index (κ2) is 7.59. The summed E-state index contributed by atoms with van der Waals surface area (Å²) in [5, 5.41) is 0.492. The van der Waals surface area contributed by atoms with E-state index in [-0.39, 0.29) is 16.4 Å². The van der Waals surface area contributed by atoms with Crippen molar-refractivity contribution in [2.75, 3.05) is 0 Å². The van der Waals surface area contributed by atoms with Crippen LogP contribution < -0.4 is 11.2 Å². The van der Waals surface area contributed by atoms with Gasteiger partial charge in [-0.3, -0.25) is 18.7 Å². The monoisotopic (exact) mass is 442 g/mol. The summed E-state index contributed by atoms with van der Waals surface area (Å²) in [4.78, 5) is 41.9. The number of nitrogens with zero attached hydrogens (tertiary/aromatic N) is 4. The predicted molar refractivity (Wildman–Crippen MR) is 116 cm³/mol. The predicted octanol–water partition coefficient (Wildman–Crippen LogP) is 3.02. The van der Waals surface area contributed by atoms with Crippen molar-refractivity contribution in [1.29, 1.82) is 0 Å². The smallest absolute Gasteiger partial charge is 0.279 e. The number of rotatable bonds is 3. The molecule has 0 saturated carbocycles. The molecule has 0 bridgehead atoms. The van der Waals surface area contributed by atoms with E-state index >= 15 is 0 Å². The highest BCUT2D eigenvalue weighted by atomic mass is 35.5. The van der Waals surface area contributed by atoms with E-state index in [4.69, 9.17) is 23.2 Å². The lowest BCUT2D eigenvalue weighted by Crippen LogP contribution is -2.38. The minimum Gasteiger partial charge on any atom is -0.279 e. The second-order valence-corrected chi connectivity index (χ2v) is 7.67. The third kappa shape index (κ3) is 3.36. The molecule has 0 spiro atoms. The molecule has 4 aromatic rings. The Morgan fingerprint density at radius 1 is 0.900 bits per heavy atom. The molecule has 2 aromatic carbocycles. The number of aryl methyl sites for hydroxylation is 1. The molecule has 0 amide bonds. The van der Waals surface area contributed by atoms with E-state index in [0.29, 0.717) is 17.0 Å². The number of halogens is 2.